The highest BCUT2D eigenvalue weighted by Gasteiger charge is 2.44. The Labute approximate surface area is 163 Å². The van der Waals surface area contributed by atoms with Crippen molar-refractivity contribution in [1.29, 1.82) is 0 Å². The van der Waals surface area contributed by atoms with Gasteiger partial charge in [-0.15, -0.1) is 0 Å². The zero-order valence-corrected chi connectivity index (χ0v) is 18.6. The maximum Gasteiger partial charge on any atom is 0.246 e. The van der Waals surface area contributed by atoms with Gasteiger partial charge >= 0.3 is 0 Å². The molecule has 1 aliphatic rings. The highest BCUT2D eigenvalue weighted by molar-refractivity contribution is 7.89. The predicted octanol–water partition coefficient (Wildman–Crippen LogP) is 2.83. The highest BCUT2D eigenvalue weighted by atomic mass is 32.2. The van der Waals surface area contributed by atoms with Crippen LogP contribution in [0.1, 0.15) is 26.3 Å². The third kappa shape index (κ3) is 4.57. The fraction of sp³-hybridized carbons (Fsp3) is 0.526. The molecule has 0 aliphatic carbocycles. The molecule has 150 valence electrons. The number of carbonyl (C=O) groups excluding carboxylic acids is 1. The molecule has 1 N–H and O–H groups in total. The standard InChI is InChI=1S/C19H29NO5SSi/c1-14-7-9-15(10-8-14)26(23,24)20-16(17(21)11-12-18(20)22)13-25-27(5,6)19(2,3)4/h7-12,16,18,22H,13H2,1-6H3/t16-,18+/m0/s1. The number of sulfonamides is 1. The van der Waals surface area contributed by atoms with E-state index in [9.17, 15) is 18.3 Å². The molecule has 2 atom stereocenters. The van der Waals surface area contributed by atoms with E-state index in [2.05, 4.69) is 20.8 Å². The normalized spacial score (nSPS) is 22.3. The van der Waals surface area contributed by atoms with Crippen LogP contribution in [0, 0.1) is 6.92 Å². The van der Waals surface area contributed by atoms with Crippen LogP contribution in [0.5, 0.6) is 0 Å². The molecule has 1 aliphatic heterocycles. The van der Waals surface area contributed by atoms with Crippen molar-refractivity contribution in [2.75, 3.05) is 6.61 Å². The van der Waals surface area contributed by atoms with Crippen LogP contribution in [-0.2, 0) is 19.2 Å². The van der Waals surface area contributed by atoms with E-state index in [1.807, 2.05) is 20.0 Å². The number of hydrogen-bond donors (Lipinski definition) is 1. The molecule has 6 nitrogen and oxygen atoms in total. The van der Waals surface area contributed by atoms with Crippen LogP contribution in [0.25, 0.3) is 0 Å². The van der Waals surface area contributed by atoms with Gasteiger partial charge < -0.3 is 9.53 Å². The number of aliphatic hydroxyl groups excluding tert-OH is 1. The fourth-order valence-electron chi connectivity index (χ4n) is 2.49. The summed E-state index contributed by atoms with van der Waals surface area (Å²) in [5.74, 6) is -0.394. The van der Waals surface area contributed by atoms with Crippen LogP contribution in [0.15, 0.2) is 41.3 Å². The lowest BCUT2D eigenvalue weighted by Crippen LogP contribution is -2.55. The Morgan fingerprint density at radius 3 is 2.26 bits per heavy atom. The van der Waals surface area contributed by atoms with Crippen molar-refractivity contribution in [3.8, 4) is 0 Å². The summed E-state index contributed by atoms with van der Waals surface area (Å²) in [6.07, 6.45) is 1.00. The third-order valence-corrected chi connectivity index (χ3v) is 11.7. The Bertz CT molecular complexity index is 825. The van der Waals surface area contributed by atoms with E-state index < -0.39 is 36.4 Å². The number of carbonyl (C=O) groups is 1. The Morgan fingerprint density at radius 2 is 1.74 bits per heavy atom. The van der Waals surface area contributed by atoms with Gasteiger partial charge in [0, 0.05) is 0 Å². The summed E-state index contributed by atoms with van der Waals surface area (Å²) in [7, 11) is -6.26. The lowest BCUT2D eigenvalue weighted by molar-refractivity contribution is -0.122. The van der Waals surface area contributed by atoms with E-state index in [1.54, 1.807) is 12.1 Å². The minimum Gasteiger partial charge on any atom is -0.415 e. The second-order valence-corrected chi connectivity index (χ2v) is 15.1. The molecule has 27 heavy (non-hydrogen) atoms. The quantitative estimate of drug-likeness (QED) is 0.753. The van der Waals surface area contributed by atoms with Gasteiger partial charge in [-0.1, -0.05) is 38.5 Å². The Balaban J connectivity index is 2.38. The van der Waals surface area contributed by atoms with Gasteiger partial charge in [0.1, 0.15) is 12.3 Å². The minimum atomic E-state index is -4.07. The summed E-state index contributed by atoms with van der Waals surface area (Å²) >= 11 is 0. The second-order valence-electron chi connectivity index (χ2n) is 8.41. The molecule has 0 spiro atoms. The average molecular weight is 412 g/mol. The zero-order chi connectivity index (χ0) is 20.6. The van der Waals surface area contributed by atoms with Crippen LogP contribution in [0.4, 0.5) is 0 Å². The van der Waals surface area contributed by atoms with Crippen LogP contribution >= 0.6 is 0 Å². The molecular weight excluding hydrogens is 382 g/mol. The first kappa shape index (κ1) is 22.0. The SMILES string of the molecule is Cc1ccc(S(=O)(=O)N2[C@H](O)C=CC(=O)[C@@H]2CO[Si](C)(C)C(C)(C)C)cc1. The summed E-state index contributed by atoms with van der Waals surface area (Å²) in [6.45, 7) is 12.0. The highest BCUT2D eigenvalue weighted by Crippen LogP contribution is 2.37. The Kier molecular flexibility index (Phi) is 6.18. The Hall–Kier alpha value is -1.32. The van der Waals surface area contributed by atoms with Gasteiger partial charge in [-0.3, -0.25) is 4.79 Å². The molecule has 0 saturated carbocycles. The number of hydrogen-bond acceptors (Lipinski definition) is 5. The van der Waals surface area contributed by atoms with Gasteiger partial charge in [0.05, 0.1) is 11.5 Å². The first-order valence-electron chi connectivity index (χ1n) is 8.92. The van der Waals surface area contributed by atoms with Gasteiger partial charge in [0.25, 0.3) is 0 Å². The molecule has 0 fully saturated rings. The van der Waals surface area contributed by atoms with Gasteiger partial charge in [0.2, 0.25) is 10.0 Å². The molecule has 1 aromatic rings. The molecule has 0 amide bonds. The molecule has 0 saturated heterocycles. The van der Waals surface area contributed by atoms with Crippen molar-refractivity contribution >= 4 is 24.1 Å². The van der Waals surface area contributed by atoms with E-state index in [0.29, 0.717) is 0 Å². The summed E-state index contributed by atoms with van der Waals surface area (Å²) in [4.78, 5) is 12.5. The summed E-state index contributed by atoms with van der Waals surface area (Å²) in [5.41, 5.74) is 0.918. The molecule has 0 bridgehead atoms. The van der Waals surface area contributed by atoms with E-state index in [1.165, 1.54) is 24.3 Å². The molecular formula is C19H29NO5SSi. The topological polar surface area (TPSA) is 83.9 Å². The molecule has 0 aromatic heterocycles. The van der Waals surface area contributed by atoms with Crippen LogP contribution in [-0.4, -0.2) is 50.8 Å². The second kappa shape index (κ2) is 7.60. The number of rotatable bonds is 5. The van der Waals surface area contributed by atoms with Crippen molar-refractivity contribution < 1.29 is 22.7 Å². The van der Waals surface area contributed by atoms with E-state index in [-0.39, 0.29) is 16.5 Å². The van der Waals surface area contributed by atoms with Crippen LogP contribution < -0.4 is 0 Å². The van der Waals surface area contributed by atoms with Crippen molar-refractivity contribution in [3.63, 3.8) is 0 Å². The van der Waals surface area contributed by atoms with Gasteiger partial charge in [0.15, 0.2) is 14.1 Å². The van der Waals surface area contributed by atoms with E-state index in [4.69, 9.17) is 4.43 Å². The molecule has 1 heterocycles. The average Bonchev–Trinajstić information content (AvgIpc) is 2.54. The number of benzene rings is 1. The van der Waals surface area contributed by atoms with Gasteiger partial charge in [-0.05, 0) is 49.3 Å². The molecule has 0 radical (unpaired) electrons. The first-order chi connectivity index (χ1) is 12.3. The summed E-state index contributed by atoms with van der Waals surface area (Å²) < 4.78 is 33.2. The number of aliphatic hydroxyl groups is 1. The van der Waals surface area contributed by atoms with Crippen molar-refractivity contribution in [2.45, 2.75) is 63.0 Å². The lowest BCUT2D eigenvalue weighted by Gasteiger charge is -2.40. The van der Waals surface area contributed by atoms with Crippen molar-refractivity contribution in [3.05, 3.63) is 42.0 Å². The molecule has 1 aromatic carbocycles. The number of nitrogens with zero attached hydrogens (tertiary/aromatic N) is 1. The zero-order valence-electron chi connectivity index (χ0n) is 16.8. The number of aryl methyl sites for hydroxylation is 1. The minimum absolute atomic E-state index is 0.0348. The smallest absolute Gasteiger partial charge is 0.246 e. The molecule has 2 rings (SSSR count). The van der Waals surface area contributed by atoms with Crippen molar-refractivity contribution in [1.82, 2.24) is 4.31 Å². The van der Waals surface area contributed by atoms with Crippen LogP contribution in [0.2, 0.25) is 18.1 Å². The van der Waals surface area contributed by atoms with Crippen LogP contribution in [0.3, 0.4) is 0 Å². The third-order valence-electron chi connectivity index (χ3n) is 5.33. The maximum atomic E-state index is 13.1. The maximum absolute atomic E-state index is 13.1. The molecule has 0 unspecified atom stereocenters. The Morgan fingerprint density at radius 1 is 1.19 bits per heavy atom. The van der Waals surface area contributed by atoms with Crippen molar-refractivity contribution in [2.24, 2.45) is 0 Å². The van der Waals surface area contributed by atoms with Gasteiger partial charge in [-0.2, -0.15) is 4.31 Å². The molecule has 8 heteroatoms. The predicted molar refractivity (Wildman–Crippen MR) is 107 cm³/mol. The first-order valence-corrected chi connectivity index (χ1v) is 13.3. The lowest BCUT2D eigenvalue weighted by atomic mass is 10.1. The summed E-state index contributed by atoms with van der Waals surface area (Å²) in [5, 5.41) is 10.3. The largest absolute Gasteiger partial charge is 0.415 e. The van der Waals surface area contributed by atoms with Gasteiger partial charge in [-0.25, -0.2) is 8.42 Å². The monoisotopic (exact) mass is 411 g/mol. The van der Waals surface area contributed by atoms with E-state index in [0.717, 1.165) is 9.87 Å². The summed E-state index contributed by atoms with van der Waals surface area (Å²) in [6, 6.07) is 5.23. The van der Waals surface area contributed by atoms with E-state index >= 15 is 0 Å². The number of ketones is 1. The fourth-order valence-corrected chi connectivity index (χ4v) is 5.07.